The molecule has 1 amide bonds. The predicted octanol–water partition coefficient (Wildman–Crippen LogP) is 2.41. The van der Waals surface area contributed by atoms with E-state index in [4.69, 9.17) is 11.6 Å². The lowest BCUT2D eigenvalue weighted by Crippen LogP contribution is -2.13. The minimum Gasteiger partial charge on any atom is -0.356 e. The third kappa shape index (κ3) is 2.89. The number of benzene rings is 1. The van der Waals surface area contributed by atoms with Gasteiger partial charge in [-0.25, -0.2) is 0 Å². The standard InChI is InChI=1S/C11H12ClNO/c1-8-3-4-9(7-10(8)12)5-6-11(14)13-2/h3-7H,1-2H3,(H,13,14). The fourth-order valence-electron chi connectivity index (χ4n) is 0.968. The molecule has 0 saturated heterocycles. The Morgan fingerprint density at radius 1 is 1.50 bits per heavy atom. The molecule has 0 aliphatic heterocycles. The van der Waals surface area contributed by atoms with Gasteiger partial charge in [-0.15, -0.1) is 0 Å². The van der Waals surface area contributed by atoms with E-state index in [-0.39, 0.29) is 5.91 Å². The number of halogens is 1. The van der Waals surface area contributed by atoms with Gasteiger partial charge in [0.05, 0.1) is 0 Å². The Morgan fingerprint density at radius 3 is 2.79 bits per heavy atom. The van der Waals surface area contributed by atoms with Crippen molar-refractivity contribution in [3.8, 4) is 0 Å². The van der Waals surface area contributed by atoms with Gasteiger partial charge in [0.2, 0.25) is 5.91 Å². The largest absolute Gasteiger partial charge is 0.356 e. The summed E-state index contributed by atoms with van der Waals surface area (Å²) < 4.78 is 0. The van der Waals surface area contributed by atoms with Crippen molar-refractivity contribution in [2.75, 3.05) is 7.05 Å². The zero-order valence-electron chi connectivity index (χ0n) is 8.17. The Labute approximate surface area is 88.6 Å². The van der Waals surface area contributed by atoms with E-state index >= 15 is 0 Å². The Kier molecular flexibility index (Phi) is 3.72. The quantitative estimate of drug-likeness (QED) is 0.745. The fourth-order valence-corrected chi connectivity index (χ4v) is 1.16. The fraction of sp³-hybridized carbons (Fsp3) is 0.182. The molecule has 0 fully saturated rings. The molecule has 0 aliphatic carbocycles. The van der Waals surface area contributed by atoms with Crippen molar-refractivity contribution in [2.24, 2.45) is 0 Å². The molecule has 0 spiro atoms. The van der Waals surface area contributed by atoms with Crippen LogP contribution in [0.1, 0.15) is 11.1 Å². The molecule has 74 valence electrons. The van der Waals surface area contributed by atoms with Crippen molar-refractivity contribution in [3.05, 3.63) is 40.4 Å². The molecule has 0 bridgehead atoms. The number of aryl methyl sites for hydroxylation is 1. The summed E-state index contributed by atoms with van der Waals surface area (Å²) >= 11 is 5.93. The van der Waals surface area contributed by atoms with Crippen molar-refractivity contribution in [1.29, 1.82) is 0 Å². The van der Waals surface area contributed by atoms with Crippen molar-refractivity contribution < 1.29 is 4.79 Å². The Hall–Kier alpha value is -1.28. The van der Waals surface area contributed by atoms with Gasteiger partial charge in [-0.05, 0) is 30.2 Å². The highest BCUT2D eigenvalue weighted by Gasteiger charge is 1.95. The highest BCUT2D eigenvalue weighted by Crippen LogP contribution is 2.17. The van der Waals surface area contributed by atoms with Crippen molar-refractivity contribution in [2.45, 2.75) is 6.92 Å². The van der Waals surface area contributed by atoms with Gasteiger partial charge in [0.25, 0.3) is 0 Å². The molecule has 3 heteroatoms. The lowest BCUT2D eigenvalue weighted by Gasteiger charge is -1.98. The number of hydrogen-bond donors (Lipinski definition) is 1. The van der Waals surface area contributed by atoms with Crippen LogP contribution in [0.3, 0.4) is 0 Å². The highest BCUT2D eigenvalue weighted by atomic mass is 35.5. The third-order valence-corrected chi connectivity index (χ3v) is 2.28. The van der Waals surface area contributed by atoms with E-state index in [1.54, 1.807) is 13.1 Å². The van der Waals surface area contributed by atoms with Gasteiger partial charge in [0.1, 0.15) is 0 Å². The minimum absolute atomic E-state index is 0.123. The van der Waals surface area contributed by atoms with Crippen LogP contribution >= 0.6 is 11.6 Å². The summed E-state index contributed by atoms with van der Waals surface area (Å²) in [6, 6.07) is 5.67. The van der Waals surface area contributed by atoms with Crippen LogP contribution in [0.5, 0.6) is 0 Å². The van der Waals surface area contributed by atoms with Gasteiger partial charge >= 0.3 is 0 Å². The molecular formula is C11H12ClNO. The van der Waals surface area contributed by atoms with Gasteiger partial charge in [0.15, 0.2) is 0 Å². The second-order valence-electron chi connectivity index (χ2n) is 2.96. The summed E-state index contributed by atoms with van der Waals surface area (Å²) in [5.74, 6) is -0.123. The molecule has 0 radical (unpaired) electrons. The van der Waals surface area contributed by atoms with Gasteiger partial charge < -0.3 is 5.32 Å². The zero-order valence-corrected chi connectivity index (χ0v) is 8.93. The van der Waals surface area contributed by atoms with E-state index in [0.29, 0.717) is 5.02 Å². The Morgan fingerprint density at radius 2 is 2.21 bits per heavy atom. The zero-order chi connectivity index (χ0) is 10.6. The molecule has 0 saturated carbocycles. The molecule has 2 nitrogen and oxygen atoms in total. The van der Waals surface area contributed by atoms with Crippen molar-refractivity contribution in [3.63, 3.8) is 0 Å². The molecule has 0 aliphatic rings. The summed E-state index contributed by atoms with van der Waals surface area (Å²) in [6.07, 6.45) is 3.20. The normalized spacial score (nSPS) is 10.5. The molecule has 1 N–H and O–H groups in total. The first-order valence-electron chi connectivity index (χ1n) is 4.29. The first-order chi connectivity index (χ1) is 6.63. The molecule has 0 aromatic heterocycles. The monoisotopic (exact) mass is 209 g/mol. The van der Waals surface area contributed by atoms with Crippen LogP contribution in [0.15, 0.2) is 24.3 Å². The highest BCUT2D eigenvalue weighted by molar-refractivity contribution is 6.31. The summed E-state index contributed by atoms with van der Waals surface area (Å²) in [5.41, 5.74) is 1.95. The van der Waals surface area contributed by atoms with Crippen molar-refractivity contribution >= 4 is 23.6 Å². The Bertz CT molecular complexity index is 372. The molecule has 0 atom stereocenters. The average Bonchev–Trinajstić information content (AvgIpc) is 2.19. The van der Waals surface area contributed by atoms with Crippen LogP contribution in [-0.4, -0.2) is 13.0 Å². The second-order valence-corrected chi connectivity index (χ2v) is 3.36. The second kappa shape index (κ2) is 4.82. The molecule has 1 aromatic carbocycles. The summed E-state index contributed by atoms with van der Waals surface area (Å²) in [4.78, 5) is 10.9. The topological polar surface area (TPSA) is 29.1 Å². The van der Waals surface area contributed by atoms with E-state index in [2.05, 4.69) is 5.32 Å². The van der Waals surface area contributed by atoms with E-state index in [9.17, 15) is 4.79 Å². The van der Waals surface area contributed by atoms with Crippen LogP contribution < -0.4 is 5.32 Å². The maximum atomic E-state index is 10.9. The molecule has 14 heavy (non-hydrogen) atoms. The van der Waals surface area contributed by atoms with Crippen LogP contribution in [0.2, 0.25) is 5.02 Å². The Balaban J connectivity index is 2.83. The number of nitrogens with one attached hydrogen (secondary N) is 1. The number of hydrogen-bond acceptors (Lipinski definition) is 1. The summed E-state index contributed by atoms with van der Waals surface area (Å²) in [7, 11) is 1.59. The number of amides is 1. The molecule has 0 heterocycles. The van der Waals surface area contributed by atoms with Gasteiger partial charge in [0, 0.05) is 18.1 Å². The SMILES string of the molecule is CNC(=O)C=Cc1ccc(C)c(Cl)c1. The molecular weight excluding hydrogens is 198 g/mol. The predicted molar refractivity (Wildman–Crippen MR) is 59.3 cm³/mol. The maximum Gasteiger partial charge on any atom is 0.243 e. The lowest BCUT2D eigenvalue weighted by molar-refractivity contribution is -0.115. The van der Waals surface area contributed by atoms with Gasteiger partial charge in [-0.2, -0.15) is 0 Å². The first-order valence-corrected chi connectivity index (χ1v) is 4.67. The number of rotatable bonds is 2. The minimum atomic E-state index is -0.123. The average molecular weight is 210 g/mol. The van der Waals surface area contributed by atoms with Gasteiger partial charge in [-0.3, -0.25) is 4.79 Å². The van der Waals surface area contributed by atoms with E-state index < -0.39 is 0 Å². The van der Waals surface area contributed by atoms with Crippen molar-refractivity contribution in [1.82, 2.24) is 5.32 Å². The van der Waals surface area contributed by atoms with E-state index in [1.165, 1.54) is 6.08 Å². The first kappa shape index (κ1) is 10.8. The summed E-state index contributed by atoms with van der Waals surface area (Å²) in [6.45, 7) is 1.94. The van der Waals surface area contributed by atoms with Crippen LogP contribution in [0, 0.1) is 6.92 Å². The lowest BCUT2D eigenvalue weighted by atomic mass is 10.1. The van der Waals surface area contributed by atoms with Crippen LogP contribution in [-0.2, 0) is 4.79 Å². The van der Waals surface area contributed by atoms with Crippen LogP contribution in [0.25, 0.3) is 6.08 Å². The van der Waals surface area contributed by atoms with Crippen LogP contribution in [0.4, 0.5) is 0 Å². The van der Waals surface area contributed by atoms with E-state index in [1.807, 2.05) is 25.1 Å². The number of carbonyl (C=O) groups excluding carboxylic acids is 1. The molecule has 1 rings (SSSR count). The number of carbonyl (C=O) groups is 1. The maximum absolute atomic E-state index is 10.9. The van der Waals surface area contributed by atoms with E-state index in [0.717, 1.165) is 11.1 Å². The molecule has 0 unspecified atom stereocenters. The smallest absolute Gasteiger partial charge is 0.243 e. The number of likely N-dealkylation sites (N-methyl/N-ethyl adjacent to an activating group) is 1. The third-order valence-electron chi connectivity index (χ3n) is 1.87. The van der Waals surface area contributed by atoms with Gasteiger partial charge in [-0.1, -0.05) is 23.7 Å². The molecule has 1 aromatic rings. The summed E-state index contributed by atoms with van der Waals surface area (Å²) in [5, 5.41) is 3.21.